The van der Waals surface area contributed by atoms with Crippen LogP contribution in [0.1, 0.15) is 16.1 Å². The molecule has 9 nitrogen and oxygen atoms in total. The molecule has 0 atom stereocenters. The zero-order valence-electron chi connectivity index (χ0n) is 16.2. The van der Waals surface area contributed by atoms with Crippen LogP contribution in [-0.4, -0.2) is 35.2 Å². The van der Waals surface area contributed by atoms with Crippen molar-refractivity contribution in [1.82, 2.24) is 10.2 Å². The molecule has 30 heavy (non-hydrogen) atoms. The summed E-state index contributed by atoms with van der Waals surface area (Å²) in [6.45, 7) is 0. The van der Waals surface area contributed by atoms with Crippen molar-refractivity contribution < 1.29 is 19.2 Å². The second kappa shape index (κ2) is 9.61. The van der Waals surface area contributed by atoms with Gasteiger partial charge in [0.15, 0.2) is 11.5 Å². The Labute approximate surface area is 176 Å². The molecule has 0 saturated carbocycles. The highest BCUT2D eigenvalue weighted by molar-refractivity contribution is 7.15. The number of nitro groups is 1. The molecule has 0 aliphatic rings. The number of benzene rings is 2. The molecule has 1 amide bonds. The molecule has 0 fully saturated rings. The molecule has 0 saturated heterocycles. The highest BCUT2D eigenvalue weighted by Gasteiger charge is 2.10. The van der Waals surface area contributed by atoms with Crippen LogP contribution in [0.15, 0.2) is 48.5 Å². The van der Waals surface area contributed by atoms with Crippen LogP contribution < -0.4 is 14.8 Å². The first-order chi connectivity index (χ1) is 14.5. The van der Waals surface area contributed by atoms with Crippen LogP contribution in [0.25, 0.3) is 6.08 Å². The lowest BCUT2D eigenvalue weighted by Gasteiger charge is -2.08. The van der Waals surface area contributed by atoms with Crippen molar-refractivity contribution in [2.45, 2.75) is 6.42 Å². The average Bonchev–Trinajstić information content (AvgIpc) is 3.18. The van der Waals surface area contributed by atoms with Gasteiger partial charge in [-0.25, -0.2) is 0 Å². The van der Waals surface area contributed by atoms with E-state index in [2.05, 4.69) is 15.5 Å². The highest BCUT2D eigenvalue weighted by Crippen LogP contribution is 2.29. The Kier molecular flexibility index (Phi) is 6.71. The fourth-order valence-corrected chi connectivity index (χ4v) is 3.38. The van der Waals surface area contributed by atoms with Gasteiger partial charge < -0.3 is 9.47 Å². The second-order valence-corrected chi connectivity index (χ2v) is 7.10. The number of carbonyl (C=O) groups excluding carboxylic acids is 1. The van der Waals surface area contributed by atoms with Crippen LogP contribution in [-0.2, 0) is 11.2 Å². The molecule has 2 aromatic carbocycles. The van der Waals surface area contributed by atoms with E-state index in [0.717, 1.165) is 10.6 Å². The van der Waals surface area contributed by atoms with Crippen LogP contribution in [0.2, 0.25) is 0 Å². The first-order valence-electron chi connectivity index (χ1n) is 8.75. The Morgan fingerprint density at radius 2 is 1.97 bits per heavy atom. The summed E-state index contributed by atoms with van der Waals surface area (Å²) in [6, 6.07) is 11.6. The third kappa shape index (κ3) is 5.39. The number of ether oxygens (including phenoxy) is 2. The van der Waals surface area contributed by atoms with Gasteiger partial charge in [0.25, 0.3) is 5.69 Å². The van der Waals surface area contributed by atoms with Crippen LogP contribution >= 0.6 is 11.3 Å². The normalized spacial score (nSPS) is 10.7. The maximum atomic E-state index is 12.1. The minimum Gasteiger partial charge on any atom is -0.493 e. The van der Waals surface area contributed by atoms with Gasteiger partial charge in [-0.05, 0) is 29.3 Å². The Hall–Kier alpha value is -3.79. The fourth-order valence-electron chi connectivity index (χ4n) is 2.60. The number of hydrogen-bond acceptors (Lipinski definition) is 8. The minimum atomic E-state index is -0.488. The van der Waals surface area contributed by atoms with Gasteiger partial charge in [-0.3, -0.25) is 20.2 Å². The number of nitrogens with one attached hydrogen (secondary N) is 1. The quantitative estimate of drug-likeness (QED) is 0.331. The van der Waals surface area contributed by atoms with E-state index in [-0.39, 0.29) is 5.69 Å². The fraction of sp³-hybridized carbons (Fsp3) is 0.150. The lowest BCUT2D eigenvalue weighted by molar-refractivity contribution is -0.384. The molecule has 0 radical (unpaired) electrons. The summed E-state index contributed by atoms with van der Waals surface area (Å²) in [6.07, 6.45) is 3.31. The van der Waals surface area contributed by atoms with E-state index in [1.54, 1.807) is 26.4 Å². The van der Waals surface area contributed by atoms with Crippen molar-refractivity contribution in [3.8, 4) is 11.5 Å². The highest BCUT2D eigenvalue weighted by atomic mass is 32.1. The largest absolute Gasteiger partial charge is 0.493 e. The molecule has 1 heterocycles. The average molecular weight is 426 g/mol. The number of methoxy groups -OCH3 is 2. The third-order valence-corrected chi connectivity index (χ3v) is 4.85. The van der Waals surface area contributed by atoms with E-state index in [9.17, 15) is 14.9 Å². The van der Waals surface area contributed by atoms with Crippen LogP contribution in [0.5, 0.6) is 11.5 Å². The van der Waals surface area contributed by atoms with Crippen LogP contribution in [0.4, 0.5) is 10.8 Å². The molecule has 3 aromatic rings. The molecular weight excluding hydrogens is 408 g/mol. The first-order valence-corrected chi connectivity index (χ1v) is 9.57. The second-order valence-electron chi connectivity index (χ2n) is 6.04. The number of nitrogens with zero attached hydrogens (tertiary/aromatic N) is 3. The van der Waals surface area contributed by atoms with Gasteiger partial charge in [0.2, 0.25) is 11.0 Å². The number of amides is 1. The zero-order chi connectivity index (χ0) is 21.5. The zero-order valence-corrected chi connectivity index (χ0v) is 17.0. The molecule has 0 bridgehead atoms. The third-order valence-electron chi connectivity index (χ3n) is 4.01. The lowest BCUT2D eigenvalue weighted by atomic mass is 10.1. The maximum absolute atomic E-state index is 12.1. The molecule has 0 aliphatic heterocycles. The minimum absolute atomic E-state index is 0.0403. The number of nitro benzene ring substituents is 1. The van der Waals surface area contributed by atoms with E-state index in [0.29, 0.717) is 28.6 Å². The monoisotopic (exact) mass is 426 g/mol. The SMILES string of the molecule is COc1ccc(Cc2nnc(NC(=O)/C=C/c3cccc([N+](=O)[O-])c3)s2)cc1OC. The molecule has 0 unspecified atom stereocenters. The Morgan fingerprint density at radius 1 is 1.17 bits per heavy atom. The molecule has 0 spiro atoms. The van der Waals surface area contributed by atoms with Crippen LogP contribution in [0.3, 0.4) is 0 Å². The molecule has 1 N–H and O–H groups in total. The van der Waals surface area contributed by atoms with E-state index in [1.165, 1.54) is 35.6 Å². The Bertz CT molecular complexity index is 1100. The van der Waals surface area contributed by atoms with E-state index in [4.69, 9.17) is 9.47 Å². The molecule has 10 heteroatoms. The van der Waals surface area contributed by atoms with Gasteiger partial charge in [-0.1, -0.05) is 29.5 Å². The Morgan fingerprint density at radius 3 is 2.70 bits per heavy atom. The van der Waals surface area contributed by atoms with Crippen molar-refractivity contribution in [2.24, 2.45) is 0 Å². The van der Waals surface area contributed by atoms with E-state index < -0.39 is 10.8 Å². The summed E-state index contributed by atoms with van der Waals surface area (Å²) < 4.78 is 10.5. The lowest BCUT2D eigenvalue weighted by Crippen LogP contribution is -2.07. The van der Waals surface area contributed by atoms with Crippen molar-refractivity contribution in [2.75, 3.05) is 19.5 Å². The van der Waals surface area contributed by atoms with Gasteiger partial charge in [0.1, 0.15) is 5.01 Å². The van der Waals surface area contributed by atoms with Gasteiger partial charge >= 0.3 is 0 Å². The number of hydrogen-bond donors (Lipinski definition) is 1. The maximum Gasteiger partial charge on any atom is 0.270 e. The number of non-ortho nitro benzene ring substituents is 1. The topological polar surface area (TPSA) is 116 Å². The van der Waals surface area contributed by atoms with E-state index >= 15 is 0 Å². The van der Waals surface area contributed by atoms with Crippen LogP contribution in [0, 0.1) is 10.1 Å². The summed E-state index contributed by atoms with van der Waals surface area (Å²) in [5, 5.41) is 22.6. The van der Waals surface area contributed by atoms with Gasteiger partial charge in [-0.15, -0.1) is 10.2 Å². The summed E-state index contributed by atoms with van der Waals surface area (Å²) in [5.74, 6) is 0.858. The number of anilines is 1. The summed E-state index contributed by atoms with van der Waals surface area (Å²) in [5.41, 5.74) is 1.47. The number of rotatable bonds is 8. The van der Waals surface area contributed by atoms with Crippen molar-refractivity contribution in [3.63, 3.8) is 0 Å². The molecular formula is C20H18N4O5S. The molecule has 1 aromatic heterocycles. The van der Waals surface area contributed by atoms with Crippen molar-refractivity contribution >= 4 is 34.1 Å². The Balaban J connectivity index is 1.62. The van der Waals surface area contributed by atoms with Gasteiger partial charge in [-0.2, -0.15) is 0 Å². The molecule has 154 valence electrons. The van der Waals surface area contributed by atoms with Gasteiger partial charge in [0, 0.05) is 24.6 Å². The summed E-state index contributed by atoms with van der Waals surface area (Å²) in [4.78, 5) is 22.4. The summed E-state index contributed by atoms with van der Waals surface area (Å²) >= 11 is 1.26. The molecule has 3 rings (SSSR count). The predicted octanol–water partition coefficient (Wildman–Crippen LogP) is 3.71. The van der Waals surface area contributed by atoms with E-state index in [1.807, 2.05) is 18.2 Å². The standard InChI is InChI=1S/C20H18N4O5S/c1-28-16-8-6-14(11-17(16)29-2)12-19-22-23-20(30-19)21-18(25)9-7-13-4-3-5-15(10-13)24(26)27/h3-11H,12H2,1-2H3,(H,21,23,25)/b9-7+. The van der Waals surface area contributed by atoms with Gasteiger partial charge in [0.05, 0.1) is 19.1 Å². The van der Waals surface area contributed by atoms with Crippen molar-refractivity contribution in [1.29, 1.82) is 0 Å². The predicted molar refractivity (Wildman–Crippen MR) is 113 cm³/mol. The summed E-state index contributed by atoms with van der Waals surface area (Å²) in [7, 11) is 3.14. The van der Waals surface area contributed by atoms with Crippen molar-refractivity contribution in [3.05, 3.63) is 74.8 Å². The first kappa shape index (κ1) is 20.9. The number of aromatic nitrogens is 2. The molecule has 0 aliphatic carbocycles. The smallest absolute Gasteiger partial charge is 0.270 e. The number of carbonyl (C=O) groups is 1.